The average Bonchev–Trinajstić information content (AvgIpc) is 2.47. The lowest BCUT2D eigenvalue weighted by Crippen LogP contribution is -2.06. The number of methoxy groups -OCH3 is 1. The maximum atomic E-state index is 5.88. The van der Waals surface area contributed by atoms with Gasteiger partial charge in [0.1, 0.15) is 5.75 Å². The van der Waals surface area contributed by atoms with Crippen LogP contribution in [0.15, 0.2) is 61.2 Å². The number of nitrogens with one attached hydrogen (secondary N) is 1. The summed E-state index contributed by atoms with van der Waals surface area (Å²) in [5.74, 6) is 0.829. The smallest absolute Gasteiger partial charge is 0.120 e. The molecule has 3 N–H and O–H groups in total. The first-order valence-corrected chi connectivity index (χ1v) is 6.12. The van der Waals surface area contributed by atoms with Crippen LogP contribution in [0.3, 0.4) is 0 Å². The summed E-state index contributed by atoms with van der Waals surface area (Å²) < 4.78 is 5.19. The molecule has 19 heavy (non-hydrogen) atoms. The Bertz CT molecular complexity index is 549. The van der Waals surface area contributed by atoms with Crippen LogP contribution in [0, 0.1) is 0 Å². The fourth-order valence-electron chi connectivity index (χ4n) is 1.79. The van der Waals surface area contributed by atoms with E-state index in [9.17, 15) is 0 Å². The first-order valence-electron chi connectivity index (χ1n) is 6.12. The molecule has 2 aromatic rings. The highest BCUT2D eigenvalue weighted by molar-refractivity contribution is 5.61. The van der Waals surface area contributed by atoms with Crippen LogP contribution in [0.2, 0.25) is 0 Å². The molecule has 0 saturated heterocycles. The minimum Gasteiger partial charge on any atom is -0.497 e. The summed E-state index contributed by atoms with van der Waals surface area (Å²) in [4.78, 5) is 0. The highest BCUT2D eigenvalue weighted by atomic mass is 16.5. The highest BCUT2D eigenvalue weighted by Crippen LogP contribution is 2.22. The summed E-state index contributed by atoms with van der Waals surface area (Å²) in [6.07, 6.45) is 1.73. The third-order valence-electron chi connectivity index (χ3n) is 2.91. The third-order valence-corrected chi connectivity index (χ3v) is 2.91. The molecule has 3 nitrogen and oxygen atoms in total. The van der Waals surface area contributed by atoms with Crippen LogP contribution in [-0.2, 0) is 0 Å². The quantitative estimate of drug-likeness (QED) is 0.801. The van der Waals surface area contributed by atoms with Crippen molar-refractivity contribution in [3.05, 3.63) is 66.7 Å². The van der Waals surface area contributed by atoms with E-state index in [0.29, 0.717) is 0 Å². The van der Waals surface area contributed by atoms with Crippen molar-refractivity contribution in [3.8, 4) is 5.75 Å². The van der Waals surface area contributed by atoms with E-state index in [4.69, 9.17) is 10.5 Å². The van der Waals surface area contributed by atoms with Crippen LogP contribution in [0.4, 0.5) is 11.4 Å². The van der Waals surface area contributed by atoms with Crippen LogP contribution in [0.5, 0.6) is 5.75 Å². The zero-order valence-electron chi connectivity index (χ0n) is 11.0. The second-order valence-electron chi connectivity index (χ2n) is 4.24. The van der Waals surface area contributed by atoms with Crippen LogP contribution in [-0.4, -0.2) is 7.11 Å². The molecule has 2 rings (SSSR count). The fourth-order valence-corrected chi connectivity index (χ4v) is 1.79. The van der Waals surface area contributed by atoms with Gasteiger partial charge in [-0.1, -0.05) is 24.3 Å². The molecule has 0 heterocycles. The predicted octanol–water partition coefficient (Wildman–Crippen LogP) is 3.62. The first kappa shape index (κ1) is 13.2. The summed E-state index contributed by atoms with van der Waals surface area (Å²) in [7, 11) is 1.66. The predicted molar refractivity (Wildman–Crippen MR) is 79.8 cm³/mol. The van der Waals surface area contributed by atoms with Crippen molar-refractivity contribution >= 4 is 11.4 Å². The third kappa shape index (κ3) is 3.36. The Balaban J connectivity index is 2.12. The van der Waals surface area contributed by atoms with E-state index in [1.165, 1.54) is 0 Å². The van der Waals surface area contributed by atoms with Gasteiger partial charge in [-0.3, -0.25) is 0 Å². The molecule has 0 aromatic heterocycles. The number of anilines is 2. The van der Waals surface area contributed by atoms with Gasteiger partial charge in [-0.25, -0.2) is 0 Å². The number of hydrogen-bond acceptors (Lipinski definition) is 3. The second-order valence-corrected chi connectivity index (χ2v) is 4.24. The molecule has 0 bridgehead atoms. The van der Waals surface area contributed by atoms with Gasteiger partial charge in [0, 0.05) is 23.5 Å². The van der Waals surface area contributed by atoms with E-state index >= 15 is 0 Å². The minimum atomic E-state index is -0.120. The maximum absolute atomic E-state index is 5.88. The van der Waals surface area contributed by atoms with E-state index in [1.807, 2.05) is 48.5 Å². The summed E-state index contributed by atoms with van der Waals surface area (Å²) in [6.45, 7) is 3.69. The van der Waals surface area contributed by atoms with E-state index < -0.39 is 0 Å². The largest absolute Gasteiger partial charge is 0.497 e. The van der Waals surface area contributed by atoms with Gasteiger partial charge in [-0.2, -0.15) is 0 Å². The number of nitrogens with two attached hydrogens (primary N) is 1. The van der Waals surface area contributed by atoms with Crippen LogP contribution >= 0.6 is 0 Å². The number of benzene rings is 2. The molecule has 0 aliphatic carbocycles. The molecule has 0 saturated carbocycles. The number of hydrogen-bond donors (Lipinski definition) is 2. The van der Waals surface area contributed by atoms with Gasteiger partial charge < -0.3 is 15.8 Å². The van der Waals surface area contributed by atoms with Crippen molar-refractivity contribution in [1.82, 2.24) is 0 Å². The van der Waals surface area contributed by atoms with Gasteiger partial charge in [-0.15, -0.1) is 6.58 Å². The Kier molecular flexibility index (Phi) is 4.21. The Morgan fingerprint density at radius 3 is 2.53 bits per heavy atom. The van der Waals surface area contributed by atoms with Gasteiger partial charge in [-0.05, 0) is 29.8 Å². The normalized spacial score (nSPS) is 11.7. The molecule has 2 aromatic carbocycles. The lowest BCUT2D eigenvalue weighted by atomic mass is 10.1. The Morgan fingerprint density at radius 1 is 1.16 bits per heavy atom. The van der Waals surface area contributed by atoms with Crippen molar-refractivity contribution in [2.24, 2.45) is 5.73 Å². The van der Waals surface area contributed by atoms with E-state index in [0.717, 1.165) is 22.7 Å². The number of ether oxygens (including phenoxy) is 1. The van der Waals surface area contributed by atoms with Gasteiger partial charge in [0.15, 0.2) is 0 Å². The van der Waals surface area contributed by atoms with Crippen molar-refractivity contribution in [2.45, 2.75) is 6.04 Å². The zero-order chi connectivity index (χ0) is 13.7. The van der Waals surface area contributed by atoms with Crippen molar-refractivity contribution in [2.75, 3.05) is 12.4 Å². The summed E-state index contributed by atoms with van der Waals surface area (Å²) in [6, 6.07) is 15.7. The van der Waals surface area contributed by atoms with Gasteiger partial charge >= 0.3 is 0 Å². The Hall–Kier alpha value is -2.26. The zero-order valence-corrected chi connectivity index (χ0v) is 11.0. The first-order chi connectivity index (χ1) is 9.22. The lowest BCUT2D eigenvalue weighted by molar-refractivity contribution is 0.415. The topological polar surface area (TPSA) is 47.3 Å². The molecule has 3 heteroatoms. The van der Waals surface area contributed by atoms with Gasteiger partial charge in [0.05, 0.1) is 7.11 Å². The molecule has 0 spiro atoms. The monoisotopic (exact) mass is 254 g/mol. The van der Waals surface area contributed by atoms with Crippen LogP contribution in [0.25, 0.3) is 0 Å². The number of rotatable bonds is 5. The molecule has 0 amide bonds. The molecule has 0 fully saturated rings. The Morgan fingerprint density at radius 2 is 1.89 bits per heavy atom. The second kappa shape index (κ2) is 6.07. The molecule has 0 unspecified atom stereocenters. The molecule has 0 aliphatic rings. The van der Waals surface area contributed by atoms with Crippen LogP contribution < -0.4 is 15.8 Å². The average molecular weight is 254 g/mol. The molecule has 0 radical (unpaired) electrons. The summed E-state index contributed by atoms with van der Waals surface area (Å²) in [5, 5.41) is 3.32. The van der Waals surface area contributed by atoms with E-state index in [1.54, 1.807) is 13.2 Å². The maximum Gasteiger partial charge on any atom is 0.120 e. The summed E-state index contributed by atoms with van der Waals surface area (Å²) >= 11 is 0. The molecular weight excluding hydrogens is 236 g/mol. The van der Waals surface area contributed by atoms with E-state index in [2.05, 4.69) is 11.9 Å². The molecule has 0 aliphatic heterocycles. The van der Waals surface area contributed by atoms with Crippen LogP contribution in [0.1, 0.15) is 11.6 Å². The van der Waals surface area contributed by atoms with Crippen molar-refractivity contribution < 1.29 is 4.74 Å². The van der Waals surface area contributed by atoms with Crippen molar-refractivity contribution in [3.63, 3.8) is 0 Å². The van der Waals surface area contributed by atoms with E-state index in [-0.39, 0.29) is 6.04 Å². The highest BCUT2D eigenvalue weighted by Gasteiger charge is 2.01. The van der Waals surface area contributed by atoms with Crippen molar-refractivity contribution in [1.29, 1.82) is 0 Å². The minimum absolute atomic E-state index is 0.120. The molecule has 98 valence electrons. The van der Waals surface area contributed by atoms with Gasteiger partial charge in [0.25, 0.3) is 0 Å². The Labute approximate surface area is 113 Å². The fraction of sp³-hybridized carbons (Fsp3) is 0.125. The van der Waals surface area contributed by atoms with Gasteiger partial charge in [0.2, 0.25) is 0 Å². The SMILES string of the molecule is C=C[C@H](N)c1ccc(Nc2cccc(OC)c2)cc1. The molecular formula is C16H18N2O. The summed E-state index contributed by atoms with van der Waals surface area (Å²) in [5.41, 5.74) is 8.92. The standard InChI is InChI=1S/C16H18N2O/c1-3-16(17)12-7-9-13(10-8-12)18-14-5-4-6-15(11-14)19-2/h3-11,16,18H,1,17H2,2H3/t16-/m0/s1. The molecule has 1 atom stereocenters. The lowest BCUT2D eigenvalue weighted by Gasteiger charge is -2.10.